The minimum absolute atomic E-state index is 0.113. The van der Waals surface area contributed by atoms with E-state index >= 15 is 0 Å². The molecule has 2 aliphatic rings. The number of carbonyl (C=O) groups is 1. The van der Waals surface area contributed by atoms with Gasteiger partial charge in [-0.2, -0.15) is 0 Å². The molecule has 0 bridgehead atoms. The monoisotopic (exact) mass is 356 g/mol. The highest BCUT2D eigenvalue weighted by molar-refractivity contribution is 6.34. The first-order valence-electron chi connectivity index (χ1n) is 8.75. The molecule has 4 rings (SSSR count). The molecule has 2 heterocycles. The van der Waals surface area contributed by atoms with Gasteiger partial charge in [0.05, 0.1) is 5.02 Å². The van der Waals surface area contributed by atoms with E-state index in [0.717, 1.165) is 29.8 Å². The lowest BCUT2D eigenvalue weighted by Crippen LogP contribution is -2.43. The van der Waals surface area contributed by atoms with Crippen molar-refractivity contribution < 1.29 is 9.90 Å². The Labute approximate surface area is 152 Å². The maximum Gasteiger partial charge on any atom is 0.222 e. The van der Waals surface area contributed by atoms with Crippen molar-refractivity contribution >= 4 is 23.2 Å². The fourth-order valence-corrected chi connectivity index (χ4v) is 3.97. The summed E-state index contributed by atoms with van der Waals surface area (Å²) in [6.07, 6.45) is 1.38. The second kappa shape index (κ2) is 6.70. The van der Waals surface area contributed by atoms with Gasteiger partial charge in [-0.25, -0.2) is 0 Å². The summed E-state index contributed by atoms with van der Waals surface area (Å²) < 4.78 is 0. The Morgan fingerprint density at radius 2 is 1.88 bits per heavy atom. The van der Waals surface area contributed by atoms with E-state index in [-0.39, 0.29) is 11.8 Å². The molecular formula is C20H21ClN2O2. The third-order valence-corrected chi connectivity index (χ3v) is 5.62. The Hall–Kier alpha value is -2.04. The quantitative estimate of drug-likeness (QED) is 0.884. The average Bonchev–Trinajstić information content (AvgIpc) is 2.55. The molecule has 0 saturated carbocycles. The number of aliphatic hydroxyl groups excluding tert-OH is 1. The van der Waals surface area contributed by atoms with Crippen molar-refractivity contribution in [2.75, 3.05) is 18.0 Å². The molecule has 2 aromatic rings. The number of amides is 1. The zero-order valence-corrected chi connectivity index (χ0v) is 14.7. The highest BCUT2D eigenvalue weighted by Gasteiger charge is 2.30. The Kier molecular flexibility index (Phi) is 4.40. The first-order chi connectivity index (χ1) is 12.1. The van der Waals surface area contributed by atoms with Crippen LogP contribution in [-0.4, -0.2) is 30.3 Å². The van der Waals surface area contributed by atoms with Crippen molar-refractivity contribution in [3.8, 4) is 11.1 Å². The van der Waals surface area contributed by atoms with Gasteiger partial charge in [-0.15, -0.1) is 0 Å². The van der Waals surface area contributed by atoms with Gasteiger partial charge in [0, 0.05) is 36.7 Å². The lowest BCUT2D eigenvalue weighted by Gasteiger charge is -2.33. The number of nitrogens with one attached hydrogen (secondary N) is 1. The zero-order chi connectivity index (χ0) is 17.4. The summed E-state index contributed by atoms with van der Waals surface area (Å²) in [5.74, 6) is -0.289. The first-order valence-corrected chi connectivity index (χ1v) is 9.12. The molecule has 0 radical (unpaired) electrons. The number of piperidine rings is 1. The van der Waals surface area contributed by atoms with E-state index in [1.54, 1.807) is 0 Å². The molecule has 5 heteroatoms. The van der Waals surface area contributed by atoms with Crippen LogP contribution in [0.25, 0.3) is 11.1 Å². The van der Waals surface area contributed by atoms with Crippen LogP contribution in [0, 0.1) is 0 Å². The van der Waals surface area contributed by atoms with Gasteiger partial charge in [-0.3, -0.25) is 4.79 Å². The van der Waals surface area contributed by atoms with Crippen LogP contribution in [0.3, 0.4) is 0 Å². The van der Waals surface area contributed by atoms with Gasteiger partial charge in [-0.05, 0) is 36.1 Å². The predicted octanol–water partition coefficient (Wildman–Crippen LogP) is 3.53. The highest BCUT2D eigenvalue weighted by Crippen LogP contribution is 2.38. The summed E-state index contributed by atoms with van der Waals surface area (Å²) >= 11 is 6.68. The molecule has 2 aromatic carbocycles. The number of anilines is 1. The fourth-order valence-electron chi connectivity index (χ4n) is 3.59. The van der Waals surface area contributed by atoms with Crippen molar-refractivity contribution in [1.82, 2.24) is 5.32 Å². The van der Waals surface area contributed by atoms with Crippen LogP contribution in [-0.2, 0) is 4.79 Å². The van der Waals surface area contributed by atoms with Crippen LogP contribution in [0.15, 0.2) is 42.5 Å². The fraction of sp³-hybridized carbons (Fsp3) is 0.350. The summed E-state index contributed by atoms with van der Waals surface area (Å²) in [6.45, 7) is 2.25. The van der Waals surface area contributed by atoms with Crippen molar-refractivity contribution in [2.45, 2.75) is 31.4 Å². The van der Waals surface area contributed by atoms with Crippen LogP contribution in [0.5, 0.6) is 0 Å². The van der Waals surface area contributed by atoms with E-state index in [1.165, 1.54) is 12.1 Å². The van der Waals surface area contributed by atoms with Crippen molar-refractivity contribution in [2.24, 2.45) is 0 Å². The Morgan fingerprint density at radius 3 is 2.52 bits per heavy atom. The standard InChI is InChI=1S/C20H21ClN2O2/c21-19-15(13-5-7-14(8-6-13)23-11-2-12-23)3-1-4-16(19)17-9-10-18(24)22-20(17)25/h1,3-8,17,20,25H,2,9-12H2,(H,22,24). The van der Waals surface area contributed by atoms with Crippen LogP contribution < -0.4 is 10.2 Å². The summed E-state index contributed by atoms with van der Waals surface area (Å²) in [4.78, 5) is 13.8. The van der Waals surface area contributed by atoms with Crippen molar-refractivity contribution in [3.05, 3.63) is 53.1 Å². The number of hydrogen-bond donors (Lipinski definition) is 2. The molecule has 0 aromatic heterocycles. The van der Waals surface area contributed by atoms with Crippen LogP contribution in [0.4, 0.5) is 5.69 Å². The van der Waals surface area contributed by atoms with Crippen molar-refractivity contribution in [3.63, 3.8) is 0 Å². The third kappa shape index (κ3) is 3.12. The largest absolute Gasteiger partial charge is 0.373 e. The van der Waals surface area contributed by atoms with Gasteiger partial charge >= 0.3 is 0 Å². The van der Waals surface area contributed by atoms with E-state index in [1.807, 2.05) is 18.2 Å². The second-order valence-electron chi connectivity index (χ2n) is 6.75. The normalized spacial score (nSPS) is 23.1. The average molecular weight is 357 g/mol. The maximum absolute atomic E-state index is 11.4. The topological polar surface area (TPSA) is 52.6 Å². The number of benzene rings is 2. The first kappa shape index (κ1) is 16.4. The molecular weight excluding hydrogens is 336 g/mol. The van der Waals surface area contributed by atoms with Gasteiger partial charge in [0.1, 0.15) is 6.23 Å². The molecule has 25 heavy (non-hydrogen) atoms. The molecule has 2 N–H and O–H groups in total. The van der Waals surface area contributed by atoms with Gasteiger partial charge in [0.25, 0.3) is 0 Å². The van der Waals surface area contributed by atoms with E-state index in [4.69, 9.17) is 11.6 Å². The summed E-state index contributed by atoms with van der Waals surface area (Å²) in [6, 6.07) is 14.3. The van der Waals surface area contributed by atoms with Gasteiger partial charge < -0.3 is 15.3 Å². The summed E-state index contributed by atoms with van der Waals surface area (Å²) in [5, 5.41) is 13.5. The van der Waals surface area contributed by atoms with E-state index < -0.39 is 6.23 Å². The smallest absolute Gasteiger partial charge is 0.222 e. The van der Waals surface area contributed by atoms with Gasteiger partial charge in [0.2, 0.25) is 5.91 Å². The second-order valence-corrected chi connectivity index (χ2v) is 7.13. The summed E-state index contributed by atoms with van der Waals surface area (Å²) in [7, 11) is 0. The summed E-state index contributed by atoms with van der Waals surface area (Å²) in [5.41, 5.74) is 4.15. The van der Waals surface area contributed by atoms with E-state index in [9.17, 15) is 9.90 Å². The molecule has 0 spiro atoms. The Bertz CT molecular complexity index is 787. The Morgan fingerprint density at radius 1 is 1.12 bits per heavy atom. The Balaban J connectivity index is 1.63. The highest BCUT2D eigenvalue weighted by atomic mass is 35.5. The predicted molar refractivity (Wildman–Crippen MR) is 99.8 cm³/mol. The minimum atomic E-state index is -0.886. The van der Waals surface area contributed by atoms with E-state index in [0.29, 0.717) is 17.9 Å². The molecule has 2 aliphatic heterocycles. The number of hydrogen-bond acceptors (Lipinski definition) is 3. The zero-order valence-electron chi connectivity index (χ0n) is 13.9. The molecule has 2 atom stereocenters. The molecule has 2 fully saturated rings. The molecule has 4 nitrogen and oxygen atoms in total. The lowest BCUT2D eigenvalue weighted by atomic mass is 9.88. The van der Waals surface area contributed by atoms with Gasteiger partial charge in [0.15, 0.2) is 0 Å². The van der Waals surface area contributed by atoms with Crippen molar-refractivity contribution in [1.29, 1.82) is 0 Å². The number of halogens is 1. The number of nitrogens with zero attached hydrogens (tertiary/aromatic N) is 1. The maximum atomic E-state index is 11.4. The molecule has 2 unspecified atom stereocenters. The molecule has 2 saturated heterocycles. The number of rotatable bonds is 3. The van der Waals surface area contributed by atoms with E-state index in [2.05, 4.69) is 34.5 Å². The third-order valence-electron chi connectivity index (χ3n) is 5.20. The molecule has 130 valence electrons. The molecule has 0 aliphatic carbocycles. The SMILES string of the molecule is O=C1CCC(c2cccc(-c3ccc(N4CCC4)cc3)c2Cl)C(O)N1. The molecule has 1 amide bonds. The van der Waals surface area contributed by atoms with Crippen LogP contribution in [0.2, 0.25) is 5.02 Å². The van der Waals surface area contributed by atoms with Gasteiger partial charge in [-0.1, -0.05) is 41.9 Å². The lowest BCUT2D eigenvalue weighted by molar-refractivity contribution is -0.127. The minimum Gasteiger partial charge on any atom is -0.373 e. The van der Waals surface area contributed by atoms with Crippen LogP contribution in [0.1, 0.15) is 30.7 Å². The number of aliphatic hydroxyl groups is 1. The number of carbonyl (C=O) groups excluding carboxylic acids is 1. The van der Waals surface area contributed by atoms with Crippen LogP contribution >= 0.6 is 11.6 Å².